The van der Waals surface area contributed by atoms with Crippen molar-refractivity contribution in [3.05, 3.63) is 34.9 Å². The van der Waals surface area contributed by atoms with Crippen LogP contribution in [0.2, 0.25) is 5.02 Å². The number of quaternary nitrogens is 1. The van der Waals surface area contributed by atoms with E-state index in [4.69, 9.17) is 11.6 Å². The Labute approximate surface area is 117 Å². The molecule has 1 aromatic carbocycles. The Morgan fingerprint density at radius 1 is 1.26 bits per heavy atom. The molecular formula is C13H19ClN3O2+. The van der Waals surface area contributed by atoms with E-state index < -0.39 is 0 Å². The van der Waals surface area contributed by atoms with Gasteiger partial charge in [-0.25, -0.2) is 0 Å². The molecule has 104 valence electrons. The van der Waals surface area contributed by atoms with Gasteiger partial charge in [0.25, 0.3) is 11.8 Å². The molecule has 1 atom stereocenters. The van der Waals surface area contributed by atoms with Crippen molar-refractivity contribution in [3.8, 4) is 0 Å². The lowest BCUT2D eigenvalue weighted by Gasteiger charge is -2.15. The van der Waals surface area contributed by atoms with Gasteiger partial charge in [0.05, 0.1) is 6.04 Å². The quantitative estimate of drug-likeness (QED) is 0.678. The number of nitrogens with two attached hydrogens (primary N) is 1. The standard InChI is InChI=1S/C13H18ClN3O2/c1-9(10-5-3-4-6-11(10)14)17-13(19)8-16-7-12(18)15-2/h3-6,9,16H,7-8H2,1-2H3,(H,15,18)(H,17,19)/p+1/t9-/m1/s1. The van der Waals surface area contributed by atoms with E-state index in [2.05, 4.69) is 10.6 Å². The van der Waals surface area contributed by atoms with E-state index in [1.54, 1.807) is 18.4 Å². The molecule has 0 aliphatic carbocycles. The Bertz CT molecular complexity index is 451. The van der Waals surface area contributed by atoms with Gasteiger partial charge in [-0.05, 0) is 18.6 Å². The maximum absolute atomic E-state index is 11.7. The highest BCUT2D eigenvalue weighted by atomic mass is 35.5. The Hall–Kier alpha value is -1.59. The molecule has 0 saturated heterocycles. The number of nitrogens with one attached hydrogen (secondary N) is 2. The number of hydrogen-bond donors (Lipinski definition) is 3. The molecular weight excluding hydrogens is 266 g/mol. The van der Waals surface area contributed by atoms with Gasteiger partial charge in [-0.15, -0.1) is 0 Å². The minimum Gasteiger partial charge on any atom is -0.354 e. The van der Waals surface area contributed by atoms with Gasteiger partial charge in [-0.1, -0.05) is 29.8 Å². The average Bonchev–Trinajstić information content (AvgIpc) is 2.38. The van der Waals surface area contributed by atoms with Crippen molar-refractivity contribution in [1.82, 2.24) is 10.6 Å². The Kier molecular flexibility index (Phi) is 6.32. The first-order chi connectivity index (χ1) is 9.04. The van der Waals surface area contributed by atoms with Crippen molar-refractivity contribution in [2.24, 2.45) is 0 Å². The van der Waals surface area contributed by atoms with E-state index in [9.17, 15) is 9.59 Å². The number of benzene rings is 1. The number of likely N-dealkylation sites (N-methyl/N-ethyl adjacent to an activating group) is 1. The van der Waals surface area contributed by atoms with Gasteiger partial charge in [-0.2, -0.15) is 0 Å². The second-order valence-corrected chi connectivity index (χ2v) is 4.59. The largest absolute Gasteiger partial charge is 0.354 e. The fourth-order valence-electron chi connectivity index (χ4n) is 1.64. The molecule has 1 aromatic rings. The van der Waals surface area contributed by atoms with Crippen LogP contribution in [-0.4, -0.2) is 32.0 Å². The van der Waals surface area contributed by atoms with Crippen LogP contribution in [0.25, 0.3) is 0 Å². The number of carbonyl (C=O) groups excluding carboxylic acids is 2. The molecule has 0 bridgehead atoms. The van der Waals surface area contributed by atoms with Crippen LogP contribution in [-0.2, 0) is 9.59 Å². The van der Waals surface area contributed by atoms with Crippen LogP contribution >= 0.6 is 11.6 Å². The van der Waals surface area contributed by atoms with Gasteiger partial charge in [0, 0.05) is 12.1 Å². The number of hydrogen-bond acceptors (Lipinski definition) is 2. The number of carbonyl (C=O) groups is 2. The van der Waals surface area contributed by atoms with Crippen LogP contribution in [0.4, 0.5) is 0 Å². The molecule has 0 spiro atoms. The van der Waals surface area contributed by atoms with Gasteiger partial charge in [-0.3, -0.25) is 9.59 Å². The lowest BCUT2D eigenvalue weighted by atomic mass is 10.1. The second-order valence-electron chi connectivity index (χ2n) is 4.18. The fraction of sp³-hybridized carbons (Fsp3) is 0.385. The third kappa shape index (κ3) is 5.28. The molecule has 0 aliphatic rings. The summed E-state index contributed by atoms with van der Waals surface area (Å²) in [6.07, 6.45) is 0. The smallest absolute Gasteiger partial charge is 0.275 e. The highest BCUT2D eigenvalue weighted by Crippen LogP contribution is 2.21. The van der Waals surface area contributed by atoms with E-state index in [-0.39, 0.29) is 30.9 Å². The minimum absolute atomic E-state index is 0.105. The molecule has 1 rings (SSSR count). The summed E-state index contributed by atoms with van der Waals surface area (Å²) in [4.78, 5) is 22.7. The summed E-state index contributed by atoms with van der Waals surface area (Å²) in [5, 5.41) is 7.61. The van der Waals surface area contributed by atoms with Crippen LogP contribution < -0.4 is 16.0 Å². The zero-order valence-corrected chi connectivity index (χ0v) is 11.8. The van der Waals surface area contributed by atoms with Gasteiger partial charge in [0.1, 0.15) is 0 Å². The summed E-state index contributed by atoms with van der Waals surface area (Å²) in [6, 6.07) is 7.23. The second kappa shape index (κ2) is 7.76. The molecule has 0 fully saturated rings. The van der Waals surface area contributed by atoms with Gasteiger partial charge in [0.15, 0.2) is 13.1 Å². The minimum atomic E-state index is -0.158. The summed E-state index contributed by atoms with van der Waals surface area (Å²) in [5.74, 6) is -0.233. The first-order valence-corrected chi connectivity index (χ1v) is 6.48. The van der Waals surface area contributed by atoms with Crippen molar-refractivity contribution in [2.45, 2.75) is 13.0 Å². The lowest BCUT2D eigenvalue weighted by Crippen LogP contribution is -2.88. The Balaban J connectivity index is 2.40. The van der Waals surface area contributed by atoms with E-state index in [1.165, 1.54) is 0 Å². The molecule has 6 heteroatoms. The van der Waals surface area contributed by atoms with Crippen LogP contribution in [0.5, 0.6) is 0 Å². The summed E-state index contributed by atoms with van der Waals surface area (Å²) < 4.78 is 0. The van der Waals surface area contributed by atoms with Crippen LogP contribution in [0.1, 0.15) is 18.5 Å². The first kappa shape index (κ1) is 15.5. The molecule has 0 aliphatic heterocycles. The van der Waals surface area contributed by atoms with Gasteiger partial charge < -0.3 is 16.0 Å². The molecule has 0 saturated carbocycles. The number of amides is 2. The molecule has 2 amide bonds. The van der Waals surface area contributed by atoms with Crippen molar-refractivity contribution < 1.29 is 14.9 Å². The molecule has 19 heavy (non-hydrogen) atoms. The summed E-state index contributed by atoms with van der Waals surface area (Å²) in [7, 11) is 1.57. The predicted octanol–water partition coefficient (Wildman–Crippen LogP) is -0.173. The monoisotopic (exact) mass is 284 g/mol. The van der Waals surface area contributed by atoms with Crippen molar-refractivity contribution >= 4 is 23.4 Å². The Morgan fingerprint density at radius 2 is 1.89 bits per heavy atom. The van der Waals surface area contributed by atoms with E-state index in [1.807, 2.05) is 25.1 Å². The molecule has 0 aromatic heterocycles. The average molecular weight is 285 g/mol. The normalized spacial score (nSPS) is 11.7. The lowest BCUT2D eigenvalue weighted by molar-refractivity contribution is -0.633. The zero-order chi connectivity index (χ0) is 14.3. The highest BCUT2D eigenvalue weighted by molar-refractivity contribution is 6.31. The van der Waals surface area contributed by atoms with Crippen LogP contribution in [0, 0.1) is 0 Å². The van der Waals surface area contributed by atoms with E-state index in [0.717, 1.165) is 5.56 Å². The van der Waals surface area contributed by atoms with E-state index >= 15 is 0 Å². The van der Waals surface area contributed by atoms with Crippen molar-refractivity contribution in [1.29, 1.82) is 0 Å². The maximum Gasteiger partial charge on any atom is 0.275 e. The summed E-state index contributed by atoms with van der Waals surface area (Å²) in [6.45, 7) is 2.32. The third-order valence-corrected chi connectivity index (χ3v) is 3.03. The van der Waals surface area contributed by atoms with Crippen molar-refractivity contribution in [3.63, 3.8) is 0 Å². The maximum atomic E-state index is 11.7. The van der Waals surface area contributed by atoms with Crippen LogP contribution in [0.15, 0.2) is 24.3 Å². The first-order valence-electron chi connectivity index (χ1n) is 6.10. The highest BCUT2D eigenvalue weighted by Gasteiger charge is 2.13. The van der Waals surface area contributed by atoms with E-state index in [0.29, 0.717) is 5.02 Å². The summed E-state index contributed by atoms with van der Waals surface area (Å²) >= 11 is 6.06. The van der Waals surface area contributed by atoms with Crippen LogP contribution in [0.3, 0.4) is 0 Å². The Morgan fingerprint density at radius 3 is 2.53 bits per heavy atom. The van der Waals surface area contributed by atoms with Gasteiger partial charge in [0.2, 0.25) is 0 Å². The fourth-order valence-corrected chi connectivity index (χ4v) is 1.94. The predicted molar refractivity (Wildman–Crippen MR) is 73.7 cm³/mol. The molecule has 4 N–H and O–H groups in total. The topological polar surface area (TPSA) is 74.8 Å². The molecule has 5 nitrogen and oxygen atoms in total. The number of halogens is 1. The zero-order valence-electron chi connectivity index (χ0n) is 11.1. The van der Waals surface area contributed by atoms with Crippen molar-refractivity contribution in [2.75, 3.05) is 20.1 Å². The number of rotatable bonds is 6. The molecule has 0 radical (unpaired) electrons. The third-order valence-electron chi connectivity index (χ3n) is 2.69. The SMILES string of the molecule is CNC(=O)C[NH2+]CC(=O)N[C@H](C)c1ccccc1Cl. The molecule has 0 heterocycles. The van der Waals surface area contributed by atoms with Gasteiger partial charge >= 0.3 is 0 Å². The summed E-state index contributed by atoms with van der Waals surface area (Å²) in [5.41, 5.74) is 0.879. The molecule has 0 unspecified atom stereocenters.